The van der Waals surface area contributed by atoms with Crippen LogP contribution >= 0.6 is 0 Å². The molecule has 1 atom stereocenters. The van der Waals surface area contributed by atoms with Crippen LogP contribution in [0.25, 0.3) is 0 Å². The maximum atomic E-state index is 12.1. The third kappa shape index (κ3) is 3.07. The molecule has 0 aromatic heterocycles. The highest BCUT2D eigenvalue weighted by Gasteiger charge is 2.30. The molecule has 0 aliphatic heterocycles. The number of benzene rings is 1. The van der Waals surface area contributed by atoms with E-state index in [1.165, 1.54) is 0 Å². The summed E-state index contributed by atoms with van der Waals surface area (Å²) in [6, 6.07) is 11.2. The van der Waals surface area contributed by atoms with Gasteiger partial charge in [0.2, 0.25) is 5.91 Å². The Bertz CT molecular complexity index is 418. The van der Waals surface area contributed by atoms with Crippen molar-refractivity contribution in [3.63, 3.8) is 0 Å². The minimum Gasteiger partial charge on any atom is -0.340 e. The summed E-state index contributed by atoms with van der Waals surface area (Å²) >= 11 is 0. The molecule has 0 radical (unpaired) electrons. The molecule has 3 nitrogen and oxygen atoms in total. The number of nitrogens with one attached hydrogen (secondary N) is 1. The van der Waals surface area contributed by atoms with Crippen LogP contribution in [0.1, 0.15) is 32.8 Å². The lowest BCUT2D eigenvalue weighted by Gasteiger charge is -2.25. The molecule has 1 aromatic rings. The minimum absolute atomic E-state index is 0.114. The summed E-state index contributed by atoms with van der Waals surface area (Å²) in [4.78, 5) is 12.1. The zero-order valence-corrected chi connectivity index (χ0v) is 10.5. The lowest BCUT2D eigenvalue weighted by atomic mass is 9.83. The van der Waals surface area contributed by atoms with Crippen molar-refractivity contribution < 1.29 is 4.79 Å². The number of amides is 1. The van der Waals surface area contributed by atoms with E-state index in [2.05, 4.69) is 11.4 Å². The van der Waals surface area contributed by atoms with E-state index < -0.39 is 11.5 Å². The highest BCUT2D eigenvalue weighted by Crippen LogP contribution is 2.23. The van der Waals surface area contributed by atoms with Crippen LogP contribution in [0.5, 0.6) is 0 Å². The van der Waals surface area contributed by atoms with Crippen LogP contribution in [-0.2, 0) is 10.2 Å². The Morgan fingerprint density at radius 2 is 2.00 bits per heavy atom. The SMILES string of the molecule is CCC(C#N)NC(=O)C(C)(C)c1ccccc1. The second-order valence-electron chi connectivity index (χ2n) is 4.55. The van der Waals surface area contributed by atoms with E-state index >= 15 is 0 Å². The molecule has 0 fully saturated rings. The number of rotatable bonds is 4. The first-order chi connectivity index (χ1) is 8.02. The van der Waals surface area contributed by atoms with Gasteiger partial charge in [-0.3, -0.25) is 4.79 Å². The number of hydrogen-bond acceptors (Lipinski definition) is 2. The Morgan fingerprint density at radius 3 is 2.47 bits per heavy atom. The first-order valence-electron chi connectivity index (χ1n) is 5.78. The topological polar surface area (TPSA) is 52.9 Å². The molecule has 0 saturated heterocycles. The van der Waals surface area contributed by atoms with Gasteiger partial charge in [-0.15, -0.1) is 0 Å². The van der Waals surface area contributed by atoms with Crippen molar-refractivity contribution in [2.45, 2.75) is 38.6 Å². The normalized spacial score (nSPS) is 12.6. The highest BCUT2D eigenvalue weighted by atomic mass is 16.2. The van der Waals surface area contributed by atoms with Crippen molar-refractivity contribution in [3.8, 4) is 6.07 Å². The molecule has 0 aliphatic carbocycles. The maximum Gasteiger partial charge on any atom is 0.231 e. The average molecular weight is 230 g/mol. The van der Waals surface area contributed by atoms with Crippen LogP contribution in [0.4, 0.5) is 0 Å². The van der Waals surface area contributed by atoms with Gasteiger partial charge in [0.1, 0.15) is 6.04 Å². The summed E-state index contributed by atoms with van der Waals surface area (Å²) in [6.45, 7) is 5.60. The fraction of sp³-hybridized carbons (Fsp3) is 0.429. The van der Waals surface area contributed by atoms with Crippen LogP contribution in [0.2, 0.25) is 0 Å². The number of nitrogens with zero attached hydrogens (tertiary/aromatic N) is 1. The van der Waals surface area contributed by atoms with Crippen molar-refractivity contribution >= 4 is 5.91 Å². The van der Waals surface area contributed by atoms with Gasteiger partial charge < -0.3 is 5.32 Å². The van der Waals surface area contributed by atoms with Crippen molar-refractivity contribution in [2.75, 3.05) is 0 Å². The second kappa shape index (κ2) is 5.49. The average Bonchev–Trinajstić information content (AvgIpc) is 2.36. The van der Waals surface area contributed by atoms with Crippen molar-refractivity contribution in [2.24, 2.45) is 0 Å². The van der Waals surface area contributed by atoms with Crippen LogP contribution in [0.3, 0.4) is 0 Å². The smallest absolute Gasteiger partial charge is 0.231 e. The standard InChI is InChI=1S/C14H18N2O/c1-4-12(10-15)16-13(17)14(2,3)11-8-6-5-7-9-11/h5-9,12H,4H2,1-3H3,(H,16,17). The first kappa shape index (κ1) is 13.2. The van der Waals surface area contributed by atoms with Gasteiger partial charge in [0, 0.05) is 0 Å². The Kier molecular flexibility index (Phi) is 4.28. The van der Waals surface area contributed by atoms with E-state index in [0.29, 0.717) is 6.42 Å². The Balaban J connectivity index is 2.85. The van der Waals surface area contributed by atoms with Gasteiger partial charge in [-0.2, -0.15) is 5.26 Å². The number of carbonyl (C=O) groups is 1. The van der Waals surface area contributed by atoms with Crippen LogP contribution < -0.4 is 5.32 Å². The quantitative estimate of drug-likeness (QED) is 0.863. The van der Waals surface area contributed by atoms with Crippen LogP contribution in [0.15, 0.2) is 30.3 Å². The van der Waals surface area contributed by atoms with Gasteiger partial charge in [0.25, 0.3) is 0 Å². The molecule has 1 unspecified atom stereocenters. The summed E-state index contributed by atoms with van der Waals surface area (Å²) in [7, 11) is 0. The molecular formula is C14H18N2O. The fourth-order valence-corrected chi connectivity index (χ4v) is 1.55. The molecular weight excluding hydrogens is 212 g/mol. The Morgan fingerprint density at radius 1 is 1.41 bits per heavy atom. The van der Waals surface area contributed by atoms with E-state index in [0.717, 1.165) is 5.56 Å². The predicted octanol–water partition coefficient (Wildman–Crippen LogP) is 2.38. The molecule has 1 amide bonds. The molecule has 0 saturated carbocycles. The lowest BCUT2D eigenvalue weighted by molar-refractivity contribution is -0.126. The summed E-state index contributed by atoms with van der Waals surface area (Å²) in [5.74, 6) is -0.114. The molecule has 17 heavy (non-hydrogen) atoms. The highest BCUT2D eigenvalue weighted by molar-refractivity contribution is 5.87. The fourth-order valence-electron chi connectivity index (χ4n) is 1.55. The van der Waals surface area contributed by atoms with Gasteiger partial charge in [-0.25, -0.2) is 0 Å². The summed E-state index contributed by atoms with van der Waals surface area (Å²) in [5, 5.41) is 11.6. The van der Waals surface area contributed by atoms with Gasteiger partial charge in [0.05, 0.1) is 11.5 Å². The van der Waals surface area contributed by atoms with Crippen LogP contribution in [0, 0.1) is 11.3 Å². The second-order valence-corrected chi connectivity index (χ2v) is 4.55. The van der Waals surface area contributed by atoms with Gasteiger partial charge in [-0.05, 0) is 25.8 Å². The molecule has 0 heterocycles. The number of hydrogen-bond donors (Lipinski definition) is 1. The number of carbonyl (C=O) groups excluding carboxylic acids is 1. The van der Waals surface area contributed by atoms with Gasteiger partial charge in [-0.1, -0.05) is 37.3 Å². The summed E-state index contributed by atoms with van der Waals surface area (Å²) in [5.41, 5.74) is 0.330. The van der Waals surface area contributed by atoms with Gasteiger partial charge in [0.15, 0.2) is 0 Å². The lowest BCUT2D eigenvalue weighted by Crippen LogP contribution is -2.44. The maximum absolute atomic E-state index is 12.1. The number of nitriles is 1. The summed E-state index contributed by atoms with van der Waals surface area (Å²) < 4.78 is 0. The zero-order chi connectivity index (χ0) is 12.9. The molecule has 1 N–H and O–H groups in total. The van der Waals surface area contributed by atoms with Crippen molar-refractivity contribution in [3.05, 3.63) is 35.9 Å². The molecule has 0 spiro atoms. The Labute approximate surface area is 102 Å². The molecule has 1 aromatic carbocycles. The van der Waals surface area contributed by atoms with Crippen LogP contribution in [-0.4, -0.2) is 11.9 Å². The molecule has 1 rings (SSSR count). The van der Waals surface area contributed by atoms with Crippen molar-refractivity contribution in [1.29, 1.82) is 5.26 Å². The largest absolute Gasteiger partial charge is 0.340 e. The minimum atomic E-state index is -0.620. The van der Waals surface area contributed by atoms with E-state index in [9.17, 15) is 4.79 Å². The monoisotopic (exact) mass is 230 g/mol. The van der Waals surface area contributed by atoms with E-state index in [4.69, 9.17) is 5.26 Å². The zero-order valence-electron chi connectivity index (χ0n) is 10.5. The van der Waals surface area contributed by atoms with E-state index in [1.54, 1.807) is 0 Å². The first-order valence-corrected chi connectivity index (χ1v) is 5.78. The van der Waals surface area contributed by atoms with Crippen molar-refractivity contribution in [1.82, 2.24) is 5.32 Å². The van der Waals surface area contributed by atoms with E-state index in [-0.39, 0.29) is 5.91 Å². The third-order valence-corrected chi connectivity index (χ3v) is 2.93. The van der Waals surface area contributed by atoms with E-state index in [1.807, 2.05) is 51.1 Å². The molecule has 0 bridgehead atoms. The van der Waals surface area contributed by atoms with Gasteiger partial charge >= 0.3 is 0 Å². The summed E-state index contributed by atoms with van der Waals surface area (Å²) in [6.07, 6.45) is 0.618. The Hall–Kier alpha value is -1.82. The molecule has 3 heteroatoms. The molecule has 0 aliphatic rings. The molecule has 90 valence electrons. The predicted molar refractivity (Wildman–Crippen MR) is 67.3 cm³/mol. The third-order valence-electron chi connectivity index (χ3n) is 2.93.